The molecule has 1 N–H and O–H groups in total. The van der Waals surface area contributed by atoms with Gasteiger partial charge in [0.15, 0.2) is 5.03 Å². The molecule has 1 aromatic carbocycles. The van der Waals surface area contributed by atoms with Crippen molar-refractivity contribution in [2.24, 2.45) is 13.0 Å². The summed E-state index contributed by atoms with van der Waals surface area (Å²) < 4.78 is 28.7. The van der Waals surface area contributed by atoms with Crippen molar-refractivity contribution in [3.05, 3.63) is 41.9 Å². The highest BCUT2D eigenvalue weighted by atomic mass is 32.2. The average Bonchev–Trinajstić information content (AvgIpc) is 3.01. The summed E-state index contributed by atoms with van der Waals surface area (Å²) in [6.07, 6.45) is 2.53. The summed E-state index contributed by atoms with van der Waals surface area (Å²) in [4.78, 5) is 16.8. The number of piperidine rings is 1. The molecule has 1 fully saturated rings. The van der Waals surface area contributed by atoms with Gasteiger partial charge in [-0.2, -0.15) is 4.31 Å². The Morgan fingerprint density at radius 2 is 1.93 bits per heavy atom. The van der Waals surface area contributed by atoms with Crippen molar-refractivity contribution in [3.63, 3.8) is 0 Å². The average molecular weight is 405 g/mol. The van der Waals surface area contributed by atoms with Crippen LogP contribution in [0.5, 0.6) is 0 Å². The van der Waals surface area contributed by atoms with Crippen molar-refractivity contribution in [3.8, 4) is 0 Å². The van der Waals surface area contributed by atoms with Gasteiger partial charge in [-0.1, -0.05) is 26.0 Å². The second kappa shape index (κ2) is 8.05. The van der Waals surface area contributed by atoms with Crippen molar-refractivity contribution in [2.75, 3.05) is 18.4 Å². The fraction of sp³-hybridized carbons (Fsp3) is 0.500. The predicted octanol–water partition coefficient (Wildman–Crippen LogP) is 2.89. The molecule has 1 aliphatic heterocycles. The molecule has 8 heteroatoms. The number of nitrogens with one attached hydrogen (secondary N) is 1. The van der Waals surface area contributed by atoms with Gasteiger partial charge in [0.1, 0.15) is 5.82 Å². The Morgan fingerprint density at radius 1 is 1.25 bits per heavy atom. The Labute approximate surface area is 166 Å². The molecule has 0 unspecified atom stereocenters. The zero-order valence-electron chi connectivity index (χ0n) is 16.8. The smallest absolute Gasteiger partial charge is 0.262 e. The summed E-state index contributed by atoms with van der Waals surface area (Å²) in [6.45, 7) is 6.63. The van der Waals surface area contributed by atoms with E-state index in [4.69, 9.17) is 0 Å². The summed E-state index contributed by atoms with van der Waals surface area (Å²) >= 11 is 0. The highest BCUT2D eigenvalue weighted by molar-refractivity contribution is 7.89. The predicted molar refractivity (Wildman–Crippen MR) is 109 cm³/mol. The van der Waals surface area contributed by atoms with Gasteiger partial charge in [0.2, 0.25) is 5.91 Å². The molecule has 0 bridgehead atoms. The molecule has 0 aliphatic carbocycles. The van der Waals surface area contributed by atoms with E-state index in [0.29, 0.717) is 37.7 Å². The minimum absolute atomic E-state index is 0.0494. The van der Waals surface area contributed by atoms with Gasteiger partial charge in [-0.3, -0.25) is 4.79 Å². The van der Waals surface area contributed by atoms with Gasteiger partial charge in [-0.15, -0.1) is 0 Å². The van der Waals surface area contributed by atoms with E-state index in [2.05, 4.69) is 24.1 Å². The molecule has 2 aromatic rings. The zero-order valence-corrected chi connectivity index (χ0v) is 17.7. The molecule has 0 saturated carbocycles. The maximum absolute atomic E-state index is 12.8. The van der Waals surface area contributed by atoms with Gasteiger partial charge in [-0.05, 0) is 43.4 Å². The molecular weight excluding hydrogens is 376 g/mol. The fourth-order valence-corrected chi connectivity index (χ4v) is 4.86. The highest BCUT2D eigenvalue weighted by Crippen LogP contribution is 2.25. The summed E-state index contributed by atoms with van der Waals surface area (Å²) in [5.41, 5.74) is 1.96. The van der Waals surface area contributed by atoms with Crippen LogP contribution in [0.2, 0.25) is 0 Å². The Hall–Kier alpha value is -2.19. The topological polar surface area (TPSA) is 84.3 Å². The molecule has 0 radical (unpaired) electrons. The van der Waals surface area contributed by atoms with Crippen LogP contribution in [0.1, 0.15) is 44.0 Å². The molecule has 1 aromatic heterocycles. The van der Waals surface area contributed by atoms with E-state index < -0.39 is 10.0 Å². The molecule has 152 valence electrons. The van der Waals surface area contributed by atoms with Crippen LogP contribution in [-0.2, 0) is 21.9 Å². The van der Waals surface area contributed by atoms with Crippen LogP contribution >= 0.6 is 0 Å². The van der Waals surface area contributed by atoms with Crippen LogP contribution in [-0.4, -0.2) is 41.3 Å². The number of hydrogen-bond acceptors (Lipinski definition) is 4. The van der Waals surface area contributed by atoms with E-state index in [1.165, 1.54) is 16.1 Å². The molecule has 1 amide bonds. The number of carbonyl (C=O) groups excluding carboxylic acids is 1. The quantitative estimate of drug-likeness (QED) is 0.830. The molecule has 0 atom stereocenters. The van der Waals surface area contributed by atoms with Gasteiger partial charge in [0.05, 0.1) is 0 Å². The van der Waals surface area contributed by atoms with Crippen LogP contribution < -0.4 is 5.32 Å². The second-order valence-corrected chi connectivity index (χ2v) is 9.57. The van der Waals surface area contributed by atoms with Crippen LogP contribution in [0.25, 0.3) is 0 Å². The number of hydrogen-bond donors (Lipinski definition) is 1. The summed E-state index contributed by atoms with van der Waals surface area (Å²) in [5.74, 6) is 0.795. The normalized spacial score (nSPS) is 16.5. The number of benzene rings is 1. The second-order valence-electron chi connectivity index (χ2n) is 7.69. The monoisotopic (exact) mass is 404 g/mol. The first-order chi connectivity index (χ1) is 13.2. The first-order valence-corrected chi connectivity index (χ1v) is 11.0. The molecule has 3 rings (SSSR count). The van der Waals surface area contributed by atoms with Crippen molar-refractivity contribution >= 4 is 21.6 Å². The van der Waals surface area contributed by atoms with Crippen LogP contribution in [0, 0.1) is 12.8 Å². The lowest BCUT2D eigenvalue weighted by atomic mass is 9.97. The summed E-state index contributed by atoms with van der Waals surface area (Å²) in [5, 5.41) is 3.05. The first-order valence-electron chi connectivity index (χ1n) is 9.59. The molecule has 1 aliphatic rings. The van der Waals surface area contributed by atoms with Crippen LogP contribution in [0.15, 0.2) is 35.5 Å². The number of aryl methyl sites for hydroxylation is 2. The van der Waals surface area contributed by atoms with Gasteiger partial charge < -0.3 is 9.88 Å². The molecule has 28 heavy (non-hydrogen) atoms. The third-order valence-electron chi connectivity index (χ3n) is 5.34. The lowest BCUT2D eigenvalue weighted by Crippen LogP contribution is -2.41. The number of imidazole rings is 1. The SMILES string of the molecule is Cc1nc(S(=O)(=O)N2CCC(C(=O)Nc3cccc(C(C)C)c3)CC2)cn1C. The van der Waals surface area contributed by atoms with Crippen molar-refractivity contribution in [2.45, 2.75) is 44.6 Å². The van der Waals surface area contributed by atoms with Crippen LogP contribution in [0.3, 0.4) is 0 Å². The van der Waals surface area contributed by atoms with Crippen molar-refractivity contribution < 1.29 is 13.2 Å². The van der Waals surface area contributed by atoms with E-state index in [0.717, 1.165) is 5.69 Å². The van der Waals surface area contributed by atoms with Gasteiger partial charge in [0, 0.05) is 37.9 Å². The zero-order chi connectivity index (χ0) is 20.5. The minimum Gasteiger partial charge on any atom is -0.337 e. The maximum atomic E-state index is 12.8. The Bertz CT molecular complexity index is 938. The highest BCUT2D eigenvalue weighted by Gasteiger charge is 2.33. The Morgan fingerprint density at radius 3 is 2.50 bits per heavy atom. The van der Waals surface area contributed by atoms with E-state index in [-0.39, 0.29) is 16.9 Å². The fourth-order valence-electron chi connectivity index (χ4n) is 3.36. The van der Waals surface area contributed by atoms with Gasteiger partial charge in [0.25, 0.3) is 10.0 Å². The van der Waals surface area contributed by atoms with E-state index in [1.54, 1.807) is 18.5 Å². The molecule has 7 nitrogen and oxygen atoms in total. The molecule has 2 heterocycles. The third-order valence-corrected chi connectivity index (χ3v) is 7.11. The molecule has 1 saturated heterocycles. The maximum Gasteiger partial charge on any atom is 0.262 e. The molecular formula is C20H28N4O3S. The lowest BCUT2D eigenvalue weighted by Gasteiger charge is -2.30. The standard InChI is InChI=1S/C20H28N4O3S/c1-14(2)17-6-5-7-18(12-17)22-20(25)16-8-10-24(11-9-16)28(26,27)19-13-23(4)15(3)21-19/h5-7,12-14,16H,8-11H2,1-4H3,(H,22,25). The number of nitrogens with zero attached hydrogens (tertiary/aromatic N) is 3. The number of rotatable bonds is 5. The Balaban J connectivity index is 1.62. The first kappa shape index (κ1) is 20.5. The number of aromatic nitrogens is 2. The van der Waals surface area contributed by atoms with Gasteiger partial charge >= 0.3 is 0 Å². The Kier molecular flexibility index (Phi) is 5.90. The van der Waals surface area contributed by atoms with E-state index in [1.807, 2.05) is 24.3 Å². The van der Waals surface area contributed by atoms with Crippen molar-refractivity contribution in [1.82, 2.24) is 13.9 Å². The largest absolute Gasteiger partial charge is 0.337 e. The van der Waals surface area contributed by atoms with Crippen molar-refractivity contribution in [1.29, 1.82) is 0 Å². The van der Waals surface area contributed by atoms with E-state index >= 15 is 0 Å². The van der Waals surface area contributed by atoms with Gasteiger partial charge in [-0.25, -0.2) is 13.4 Å². The number of amides is 1. The minimum atomic E-state index is -3.62. The number of carbonyl (C=O) groups is 1. The van der Waals surface area contributed by atoms with Crippen LogP contribution in [0.4, 0.5) is 5.69 Å². The summed E-state index contributed by atoms with van der Waals surface area (Å²) in [6, 6.07) is 7.86. The molecule has 0 spiro atoms. The third kappa shape index (κ3) is 4.28. The summed E-state index contributed by atoms with van der Waals surface area (Å²) in [7, 11) is -1.85. The lowest BCUT2D eigenvalue weighted by molar-refractivity contribution is -0.120. The number of anilines is 1. The number of sulfonamides is 1. The van der Waals surface area contributed by atoms with E-state index in [9.17, 15) is 13.2 Å².